The lowest BCUT2D eigenvalue weighted by Gasteiger charge is -2.05. The quantitative estimate of drug-likeness (QED) is 0.613. The molecule has 0 fully saturated rings. The second-order valence-electron chi connectivity index (χ2n) is 5.02. The molecule has 0 bridgehead atoms. The van der Waals surface area contributed by atoms with Crippen LogP contribution in [-0.4, -0.2) is 11.0 Å². The first-order valence-corrected chi connectivity index (χ1v) is 8.68. The van der Waals surface area contributed by atoms with E-state index in [2.05, 4.69) is 15.6 Å². The Balaban J connectivity index is 1.59. The molecule has 0 radical (unpaired) electrons. The second-order valence-corrected chi connectivity index (χ2v) is 7.01. The van der Waals surface area contributed by atoms with Gasteiger partial charge < -0.3 is 5.32 Å². The summed E-state index contributed by atoms with van der Waals surface area (Å²) in [6.07, 6.45) is 2.47. The standard InChI is InChI=1S/C17H13Cl2N3OS/c18-12-4-6-14(7-5-12)21-16(23)22-17-20-10-15(24-17)9-11-2-1-3-13(19)8-11/h1-8,10H,9H2,(H2,20,21,22,23). The highest BCUT2D eigenvalue weighted by Crippen LogP contribution is 2.23. The molecule has 0 unspecified atom stereocenters. The van der Waals surface area contributed by atoms with Gasteiger partial charge in [-0.2, -0.15) is 0 Å². The lowest BCUT2D eigenvalue weighted by Crippen LogP contribution is -2.19. The van der Waals surface area contributed by atoms with Crippen LogP contribution in [0.15, 0.2) is 54.7 Å². The highest BCUT2D eigenvalue weighted by Gasteiger charge is 2.08. The SMILES string of the molecule is O=C(Nc1ccc(Cl)cc1)Nc1ncc(Cc2cccc(Cl)c2)s1. The van der Waals surface area contributed by atoms with Gasteiger partial charge in [-0.1, -0.05) is 35.3 Å². The minimum absolute atomic E-state index is 0.346. The van der Waals surface area contributed by atoms with E-state index in [1.807, 2.05) is 24.3 Å². The Kier molecular flexibility index (Phi) is 5.35. The van der Waals surface area contributed by atoms with Crippen LogP contribution in [0.5, 0.6) is 0 Å². The number of amides is 2. The predicted molar refractivity (Wildman–Crippen MR) is 100 cm³/mol. The van der Waals surface area contributed by atoms with E-state index in [1.165, 1.54) is 11.3 Å². The predicted octanol–water partition coefficient (Wildman–Crippen LogP) is 5.68. The summed E-state index contributed by atoms with van der Waals surface area (Å²) in [5.41, 5.74) is 1.76. The van der Waals surface area contributed by atoms with Crippen molar-refractivity contribution in [3.8, 4) is 0 Å². The molecule has 2 amide bonds. The van der Waals surface area contributed by atoms with Crippen LogP contribution < -0.4 is 10.6 Å². The summed E-state index contributed by atoms with van der Waals surface area (Å²) >= 11 is 13.2. The third-order valence-corrected chi connectivity index (χ3v) is 4.54. The van der Waals surface area contributed by atoms with E-state index in [1.54, 1.807) is 30.5 Å². The van der Waals surface area contributed by atoms with E-state index < -0.39 is 0 Å². The van der Waals surface area contributed by atoms with E-state index >= 15 is 0 Å². The molecule has 4 nitrogen and oxygen atoms in total. The Morgan fingerprint density at radius 2 is 1.83 bits per heavy atom. The number of carbonyl (C=O) groups excluding carboxylic acids is 1. The number of aromatic nitrogens is 1. The van der Waals surface area contributed by atoms with Gasteiger partial charge in [-0.05, 0) is 42.0 Å². The number of anilines is 2. The maximum absolute atomic E-state index is 12.0. The van der Waals surface area contributed by atoms with Crippen molar-refractivity contribution in [1.29, 1.82) is 0 Å². The lowest BCUT2D eigenvalue weighted by atomic mass is 10.1. The van der Waals surface area contributed by atoms with Crippen LogP contribution in [0.2, 0.25) is 10.0 Å². The minimum Gasteiger partial charge on any atom is -0.308 e. The highest BCUT2D eigenvalue weighted by molar-refractivity contribution is 7.15. The van der Waals surface area contributed by atoms with E-state index in [0.717, 1.165) is 16.9 Å². The fourth-order valence-electron chi connectivity index (χ4n) is 2.09. The van der Waals surface area contributed by atoms with E-state index in [0.29, 0.717) is 20.9 Å². The fraction of sp³-hybridized carbons (Fsp3) is 0.0588. The molecular formula is C17H13Cl2N3OS. The molecule has 0 saturated heterocycles. The largest absolute Gasteiger partial charge is 0.325 e. The Morgan fingerprint density at radius 1 is 1.04 bits per heavy atom. The van der Waals surface area contributed by atoms with Gasteiger partial charge in [0.1, 0.15) is 0 Å². The third-order valence-electron chi connectivity index (χ3n) is 3.14. The van der Waals surface area contributed by atoms with Crippen LogP contribution >= 0.6 is 34.5 Å². The maximum atomic E-state index is 12.0. The molecule has 7 heteroatoms. The molecule has 1 aromatic heterocycles. The van der Waals surface area contributed by atoms with Gasteiger partial charge in [0.25, 0.3) is 0 Å². The van der Waals surface area contributed by atoms with Crippen molar-refractivity contribution in [2.45, 2.75) is 6.42 Å². The zero-order valence-electron chi connectivity index (χ0n) is 12.4. The fourth-order valence-corrected chi connectivity index (χ4v) is 3.27. The summed E-state index contributed by atoms with van der Waals surface area (Å²) in [6.45, 7) is 0. The van der Waals surface area contributed by atoms with Crippen molar-refractivity contribution in [1.82, 2.24) is 4.98 Å². The smallest absolute Gasteiger partial charge is 0.308 e. The molecule has 2 N–H and O–H groups in total. The zero-order valence-corrected chi connectivity index (χ0v) is 14.8. The summed E-state index contributed by atoms with van der Waals surface area (Å²) in [5.74, 6) is 0. The molecular weight excluding hydrogens is 365 g/mol. The van der Waals surface area contributed by atoms with Crippen LogP contribution in [0.1, 0.15) is 10.4 Å². The number of rotatable bonds is 4. The van der Waals surface area contributed by atoms with Gasteiger partial charge >= 0.3 is 6.03 Å². The summed E-state index contributed by atoms with van der Waals surface area (Å²) in [5, 5.41) is 7.31. The van der Waals surface area contributed by atoms with Crippen molar-refractivity contribution in [2.24, 2.45) is 0 Å². The van der Waals surface area contributed by atoms with Crippen molar-refractivity contribution in [3.05, 3.63) is 75.2 Å². The van der Waals surface area contributed by atoms with Gasteiger partial charge in [0, 0.05) is 33.2 Å². The number of hydrogen-bond acceptors (Lipinski definition) is 3. The number of urea groups is 1. The maximum Gasteiger partial charge on any atom is 0.325 e. The molecule has 1 heterocycles. The Bertz CT molecular complexity index is 849. The Labute approximate surface area is 153 Å². The summed E-state index contributed by atoms with van der Waals surface area (Å²) in [6, 6.07) is 14.2. The van der Waals surface area contributed by atoms with Crippen LogP contribution in [0.4, 0.5) is 15.6 Å². The summed E-state index contributed by atoms with van der Waals surface area (Å²) in [4.78, 5) is 17.2. The summed E-state index contributed by atoms with van der Waals surface area (Å²) < 4.78 is 0. The number of halogens is 2. The topological polar surface area (TPSA) is 54.0 Å². The molecule has 3 rings (SSSR count). The number of benzene rings is 2. The normalized spacial score (nSPS) is 10.4. The molecule has 24 heavy (non-hydrogen) atoms. The molecule has 0 aliphatic carbocycles. The zero-order chi connectivity index (χ0) is 16.9. The summed E-state index contributed by atoms with van der Waals surface area (Å²) in [7, 11) is 0. The molecule has 0 atom stereocenters. The highest BCUT2D eigenvalue weighted by atomic mass is 35.5. The molecule has 0 spiro atoms. The minimum atomic E-state index is -0.346. The number of hydrogen-bond donors (Lipinski definition) is 2. The van der Waals surface area contributed by atoms with Crippen LogP contribution in [0, 0.1) is 0 Å². The molecule has 122 valence electrons. The van der Waals surface area contributed by atoms with Gasteiger partial charge in [-0.3, -0.25) is 5.32 Å². The number of nitrogens with one attached hydrogen (secondary N) is 2. The first-order chi connectivity index (χ1) is 11.6. The number of thiazole rings is 1. The number of carbonyl (C=O) groups is 1. The second kappa shape index (κ2) is 7.66. The van der Waals surface area contributed by atoms with E-state index in [4.69, 9.17) is 23.2 Å². The van der Waals surface area contributed by atoms with E-state index in [9.17, 15) is 4.79 Å². The van der Waals surface area contributed by atoms with Crippen molar-refractivity contribution in [3.63, 3.8) is 0 Å². The van der Waals surface area contributed by atoms with Crippen LogP contribution in [0.3, 0.4) is 0 Å². The van der Waals surface area contributed by atoms with Gasteiger partial charge in [0.05, 0.1) is 0 Å². The van der Waals surface area contributed by atoms with Crippen LogP contribution in [-0.2, 0) is 6.42 Å². The van der Waals surface area contributed by atoms with Gasteiger partial charge in [0.15, 0.2) is 5.13 Å². The molecule has 0 aliphatic rings. The third kappa shape index (κ3) is 4.71. The Morgan fingerprint density at radius 3 is 2.58 bits per heavy atom. The molecule has 0 aliphatic heterocycles. The lowest BCUT2D eigenvalue weighted by molar-refractivity contribution is 0.262. The average Bonchev–Trinajstić information content (AvgIpc) is 2.96. The van der Waals surface area contributed by atoms with Gasteiger partial charge in [-0.15, -0.1) is 11.3 Å². The van der Waals surface area contributed by atoms with Crippen molar-refractivity contribution >= 4 is 51.4 Å². The average molecular weight is 378 g/mol. The van der Waals surface area contributed by atoms with Gasteiger partial charge in [-0.25, -0.2) is 9.78 Å². The van der Waals surface area contributed by atoms with Crippen molar-refractivity contribution in [2.75, 3.05) is 10.6 Å². The molecule has 2 aromatic carbocycles. The van der Waals surface area contributed by atoms with Crippen molar-refractivity contribution < 1.29 is 4.79 Å². The molecule has 3 aromatic rings. The molecule has 0 saturated carbocycles. The van der Waals surface area contributed by atoms with Crippen LogP contribution in [0.25, 0.3) is 0 Å². The first kappa shape index (κ1) is 16.8. The van der Waals surface area contributed by atoms with E-state index in [-0.39, 0.29) is 6.03 Å². The van der Waals surface area contributed by atoms with Gasteiger partial charge in [0.2, 0.25) is 0 Å². The Hall–Kier alpha value is -2.08. The first-order valence-electron chi connectivity index (χ1n) is 7.11. The number of nitrogens with zero attached hydrogens (tertiary/aromatic N) is 1. The monoisotopic (exact) mass is 377 g/mol.